The largest absolute Gasteiger partial charge is 0.448 e. The van der Waals surface area contributed by atoms with Gasteiger partial charge in [-0.25, -0.2) is 0 Å². The van der Waals surface area contributed by atoms with Gasteiger partial charge in [-0.1, -0.05) is 18.2 Å². The van der Waals surface area contributed by atoms with Crippen LogP contribution >= 0.6 is 11.6 Å². The van der Waals surface area contributed by atoms with Crippen molar-refractivity contribution in [2.24, 2.45) is 0 Å². The molecule has 1 aromatic rings. The molecule has 0 amide bonds. The van der Waals surface area contributed by atoms with Crippen molar-refractivity contribution in [2.45, 2.75) is 18.3 Å². The van der Waals surface area contributed by atoms with E-state index >= 15 is 0 Å². The predicted octanol–water partition coefficient (Wildman–Crippen LogP) is 2.25. The fourth-order valence-corrected chi connectivity index (χ4v) is 1.60. The summed E-state index contributed by atoms with van der Waals surface area (Å²) in [5, 5.41) is -1.26. The number of fused-ring (bicyclic) bond motifs is 1. The molecule has 0 N–H and O–H groups in total. The monoisotopic (exact) mass is 212 g/mol. The molecular weight excluding hydrogens is 204 g/mol. The first-order chi connectivity index (χ1) is 6.62. The zero-order valence-corrected chi connectivity index (χ0v) is 8.32. The zero-order chi connectivity index (χ0) is 10.2. The van der Waals surface area contributed by atoms with Crippen molar-refractivity contribution < 1.29 is 14.3 Å². The molecule has 3 nitrogen and oxygen atoms in total. The van der Waals surface area contributed by atoms with E-state index in [1.54, 1.807) is 19.1 Å². The van der Waals surface area contributed by atoms with E-state index in [1.165, 1.54) is 0 Å². The van der Waals surface area contributed by atoms with Gasteiger partial charge < -0.3 is 14.3 Å². The SMILES string of the molecule is CC1(Cl)Oc2ccccc2C(C=O)O1. The van der Waals surface area contributed by atoms with Crippen molar-refractivity contribution in [1.82, 2.24) is 0 Å². The molecule has 0 fully saturated rings. The average Bonchev–Trinajstić information content (AvgIpc) is 2.15. The maximum absolute atomic E-state index is 10.8. The van der Waals surface area contributed by atoms with Crippen LogP contribution in [0.15, 0.2) is 24.3 Å². The number of hydrogen-bond acceptors (Lipinski definition) is 3. The van der Waals surface area contributed by atoms with Crippen molar-refractivity contribution >= 4 is 17.9 Å². The second-order valence-electron chi connectivity index (χ2n) is 3.15. The molecule has 0 radical (unpaired) electrons. The Morgan fingerprint density at radius 1 is 1.50 bits per heavy atom. The maximum atomic E-state index is 10.8. The van der Waals surface area contributed by atoms with Gasteiger partial charge in [-0.2, -0.15) is 0 Å². The standard InChI is InChI=1S/C10H9ClO3/c1-10(11)13-8-5-3-2-4-7(8)9(6-12)14-10/h2-6,9H,1H3. The summed E-state index contributed by atoms with van der Waals surface area (Å²) in [6.07, 6.45) is 0.0598. The number of ether oxygens (including phenoxy) is 2. The maximum Gasteiger partial charge on any atom is 0.288 e. The highest BCUT2D eigenvalue weighted by atomic mass is 35.5. The normalized spacial score (nSPS) is 30.3. The second-order valence-corrected chi connectivity index (χ2v) is 3.84. The molecular formula is C10H9ClO3. The zero-order valence-electron chi connectivity index (χ0n) is 7.57. The summed E-state index contributed by atoms with van der Waals surface area (Å²) in [4.78, 5) is 10.8. The number of rotatable bonds is 1. The van der Waals surface area contributed by atoms with E-state index in [2.05, 4.69) is 0 Å². The number of benzene rings is 1. The van der Waals surface area contributed by atoms with E-state index < -0.39 is 11.4 Å². The molecule has 0 saturated carbocycles. The van der Waals surface area contributed by atoms with Crippen LogP contribution in [0, 0.1) is 0 Å². The highest BCUT2D eigenvalue weighted by Crippen LogP contribution is 2.39. The minimum absolute atomic E-state index is 0.591. The molecule has 1 aliphatic heterocycles. The first kappa shape index (κ1) is 9.49. The van der Waals surface area contributed by atoms with Gasteiger partial charge in [0.1, 0.15) is 11.9 Å². The third-order valence-corrected chi connectivity index (χ3v) is 2.15. The van der Waals surface area contributed by atoms with Crippen LogP contribution < -0.4 is 4.74 Å². The quantitative estimate of drug-likeness (QED) is 0.529. The Morgan fingerprint density at radius 3 is 2.93 bits per heavy atom. The topological polar surface area (TPSA) is 35.5 Å². The van der Waals surface area contributed by atoms with Gasteiger partial charge in [-0.15, -0.1) is 0 Å². The number of carbonyl (C=O) groups excluding carboxylic acids is 1. The summed E-state index contributed by atoms with van der Waals surface area (Å²) in [5.74, 6) is 0.591. The first-order valence-electron chi connectivity index (χ1n) is 4.22. The van der Waals surface area contributed by atoms with Crippen LogP contribution in [0.3, 0.4) is 0 Å². The lowest BCUT2D eigenvalue weighted by Gasteiger charge is -2.33. The molecule has 74 valence electrons. The minimum Gasteiger partial charge on any atom is -0.448 e. The van der Waals surface area contributed by atoms with Crippen LogP contribution in [-0.2, 0) is 9.53 Å². The lowest BCUT2D eigenvalue weighted by Crippen LogP contribution is -2.35. The van der Waals surface area contributed by atoms with Crippen LogP contribution in [0.4, 0.5) is 0 Å². The van der Waals surface area contributed by atoms with Gasteiger partial charge in [0.25, 0.3) is 5.25 Å². The first-order valence-corrected chi connectivity index (χ1v) is 4.60. The Balaban J connectivity index is 2.46. The highest BCUT2D eigenvalue weighted by molar-refractivity contribution is 6.22. The summed E-state index contributed by atoms with van der Waals surface area (Å²) in [6, 6.07) is 7.17. The van der Waals surface area contributed by atoms with Crippen LogP contribution in [-0.4, -0.2) is 11.5 Å². The third-order valence-electron chi connectivity index (χ3n) is 1.98. The average molecular weight is 213 g/mol. The summed E-state index contributed by atoms with van der Waals surface area (Å²) >= 11 is 5.87. The van der Waals surface area contributed by atoms with Gasteiger partial charge in [0, 0.05) is 12.5 Å². The second kappa shape index (κ2) is 3.26. The van der Waals surface area contributed by atoms with Crippen molar-refractivity contribution in [1.29, 1.82) is 0 Å². The number of halogens is 1. The van der Waals surface area contributed by atoms with E-state index in [9.17, 15) is 4.79 Å². The molecule has 0 spiro atoms. The van der Waals surface area contributed by atoms with E-state index in [1.807, 2.05) is 12.1 Å². The summed E-state index contributed by atoms with van der Waals surface area (Å²) in [6.45, 7) is 1.56. The number of aldehydes is 1. The summed E-state index contributed by atoms with van der Waals surface area (Å²) in [7, 11) is 0. The molecule has 0 bridgehead atoms. The van der Waals surface area contributed by atoms with Crippen LogP contribution in [0.5, 0.6) is 5.75 Å². The molecule has 0 aliphatic carbocycles. The molecule has 1 heterocycles. The minimum atomic E-state index is -1.26. The number of para-hydroxylation sites is 1. The smallest absolute Gasteiger partial charge is 0.288 e. The van der Waals surface area contributed by atoms with Crippen molar-refractivity contribution in [2.75, 3.05) is 0 Å². The molecule has 14 heavy (non-hydrogen) atoms. The molecule has 1 aliphatic rings. The third kappa shape index (κ3) is 1.61. The van der Waals surface area contributed by atoms with Crippen molar-refractivity contribution in [3.63, 3.8) is 0 Å². The molecule has 2 atom stereocenters. The van der Waals surface area contributed by atoms with E-state index in [0.717, 1.165) is 0 Å². The number of carbonyl (C=O) groups is 1. The van der Waals surface area contributed by atoms with Crippen LogP contribution in [0.1, 0.15) is 18.6 Å². The van der Waals surface area contributed by atoms with Crippen LogP contribution in [0.2, 0.25) is 0 Å². The Morgan fingerprint density at radius 2 is 2.21 bits per heavy atom. The molecule has 1 aromatic carbocycles. The lowest BCUT2D eigenvalue weighted by molar-refractivity contribution is -0.166. The van der Waals surface area contributed by atoms with Crippen molar-refractivity contribution in [3.05, 3.63) is 29.8 Å². The molecule has 0 saturated heterocycles. The molecule has 2 rings (SSSR count). The van der Waals surface area contributed by atoms with E-state index in [4.69, 9.17) is 21.1 Å². The van der Waals surface area contributed by atoms with Gasteiger partial charge in [0.2, 0.25) is 0 Å². The van der Waals surface area contributed by atoms with E-state index in [0.29, 0.717) is 17.6 Å². The molecule has 2 unspecified atom stereocenters. The van der Waals surface area contributed by atoms with E-state index in [-0.39, 0.29) is 0 Å². The number of hydrogen-bond donors (Lipinski definition) is 0. The summed E-state index contributed by atoms with van der Waals surface area (Å²) in [5.41, 5.74) is 0.709. The Kier molecular flexibility index (Phi) is 2.21. The van der Waals surface area contributed by atoms with Gasteiger partial charge in [-0.05, 0) is 17.7 Å². The number of alkyl halides is 1. The van der Waals surface area contributed by atoms with Gasteiger partial charge in [0.15, 0.2) is 6.29 Å². The Labute approximate surface area is 86.6 Å². The Hall–Kier alpha value is -1.06. The fourth-order valence-electron chi connectivity index (χ4n) is 1.42. The molecule has 4 heteroatoms. The highest BCUT2D eigenvalue weighted by Gasteiger charge is 2.35. The van der Waals surface area contributed by atoms with Crippen LogP contribution in [0.25, 0.3) is 0 Å². The lowest BCUT2D eigenvalue weighted by atomic mass is 10.1. The predicted molar refractivity (Wildman–Crippen MR) is 51.2 cm³/mol. The van der Waals surface area contributed by atoms with Gasteiger partial charge in [0.05, 0.1) is 0 Å². The van der Waals surface area contributed by atoms with Crippen molar-refractivity contribution in [3.8, 4) is 5.75 Å². The van der Waals surface area contributed by atoms with Gasteiger partial charge in [-0.3, -0.25) is 0 Å². The Bertz CT molecular complexity index is 362. The fraction of sp³-hybridized carbons (Fsp3) is 0.300. The molecule has 0 aromatic heterocycles. The summed E-state index contributed by atoms with van der Waals surface area (Å²) < 4.78 is 10.6. The van der Waals surface area contributed by atoms with Gasteiger partial charge >= 0.3 is 0 Å².